The van der Waals surface area contributed by atoms with Gasteiger partial charge in [0, 0.05) is 12.8 Å². The molecule has 5 nitrogen and oxygen atoms in total. The summed E-state index contributed by atoms with van der Waals surface area (Å²) in [6.45, 7) is 2.88. The quantitative estimate of drug-likeness (QED) is 0.813. The summed E-state index contributed by atoms with van der Waals surface area (Å²) >= 11 is 0. The maximum Gasteiger partial charge on any atom is 0.341 e. The van der Waals surface area contributed by atoms with Crippen LogP contribution in [-0.2, 0) is 17.7 Å². The molecule has 1 heterocycles. The van der Waals surface area contributed by atoms with Crippen LogP contribution in [0, 0.1) is 0 Å². The van der Waals surface area contributed by atoms with Gasteiger partial charge < -0.3 is 9.84 Å². The lowest BCUT2D eigenvalue weighted by Crippen LogP contribution is -2.04. The largest absolute Gasteiger partial charge is 0.462 e. The summed E-state index contributed by atoms with van der Waals surface area (Å²) in [5.74, 6) is -0.350. The minimum atomic E-state index is -0.350. The molecule has 0 fully saturated rings. The third-order valence-electron chi connectivity index (χ3n) is 2.91. The summed E-state index contributed by atoms with van der Waals surface area (Å²) in [6, 6.07) is 7.97. The van der Waals surface area contributed by atoms with Crippen LogP contribution in [0.1, 0.15) is 28.4 Å². The molecule has 0 saturated heterocycles. The molecule has 20 heavy (non-hydrogen) atoms. The molecular weight excluding hydrogens is 256 g/mol. The molecule has 0 unspecified atom stereocenters. The van der Waals surface area contributed by atoms with E-state index in [1.165, 1.54) is 6.20 Å². The number of benzene rings is 1. The van der Waals surface area contributed by atoms with Gasteiger partial charge in [-0.2, -0.15) is 5.10 Å². The standard InChI is InChI=1S/C15H18N2O3/c1-2-20-15(19)14-9-16-17(11-14)10-13-5-3-12(4-6-13)7-8-18/h3-6,9,11,18H,2,7-8,10H2,1H3. The average Bonchev–Trinajstić information content (AvgIpc) is 2.90. The lowest BCUT2D eigenvalue weighted by molar-refractivity contribution is 0.0526. The maximum atomic E-state index is 11.5. The summed E-state index contributed by atoms with van der Waals surface area (Å²) in [7, 11) is 0. The summed E-state index contributed by atoms with van der Waals surface area (Å²) < 4.78 is 6.62. The molecule has 1 N–H and O–H groups in total. The van der Waals surface area contributed by atoms with Gasteiger partial charge in [-0.25, -0.2) is 4.79 Å². The van der Waals surface area contributed by atoms with E-state index in [0.717, 1.165) is 11.1 Å². The van der Waals surface area contributed by atoms with E-state index >= 15 is 0 Å². The minimum absolute atomic E-state index is 0.154. The summed E-state index contributed by atoms with van der Waals surface area (Å²) in [5, 5.41) is 13.0. The van der Waals surface area contributed by atoms with E-state index in [1.807, 2.05) is 24.3 Å². The van der Waals surface area contributed by atoms with Crippen LogP contribution in [0.3, 0.4) is 0 Å². The van der Waals surface area contributed by atoms with E-state index in [4.69, 9.17) is 9.84 Å². The fraction of sp³-hybridized carbons (Fsp3) is 0.333. The number of nitrogens with zero attached hydrogens (tertiary/aromatic N) is 2. The first-order chi connectivity index (χ1) is 9.72. The van der Waals surface area contributed by atoms with Crippen molar-refractivity contribution in [3.05, 3.63) is 53.3 Å². The Kier molecular flexibility index (Phi) is 4.90. The van der Waals surface area contributed by atoms with E-state index in [-0.39, 0.29) is 12.6 Å². The first-order valence-corrected chi connectivity index (χ1v) is 6.61. The third-order valence-corrected chi connectivity index (χ3v) is 2.91. The Morgan fingerprint density at radius 1 is 1.30 bits per heavy atom. The Morgan fingerprint density at radius 3 is 2.65 bits per heavy atom. The number of carbonyl (C=O) groups excluding carboxylic acids is 1. The van der Waals surface area contributed by atoms with Crippen molar-refractivity contribution in [3.63, 3.8) is 0 Å². The Labute approximate surface area is 117 Å². The van der Waals surface area contributed by atoms with Crippen LogP contribution >= 0.6 is 0 Å². The SMILES string of the molecule is CCOC(=O)c1cnn(Cc2ccc(CCO)cc2)c1. The van der Waals surface area contributed by atoms with Crippen molar-refractivity contribution < 1.29 is 14.6 Å². The smallest absolute Gasteiger partial charge is 0.341 e. The molecule has 0 saturated carbocycles. The van der Waals surface area contributed by atoms with E-state index in [0.29, 0.717) is 25.1 Å². The first-order valence-electron chi connectivity index (χ1n) is 6.61. The number of aliphatic hydroxyl groups is 1. The molecule has 2 rings (SSSR count). The van der Waals surface area contributed by atoms with Crippen molar-refractivity contribution in [1.29, 1.82) is 0 Å². The van der Waals surface area contributed by atoms with Crippen molar-refractivity contribution in [3.8, 4) is 0 Å². The number of rotatable bonds is 6. The van der Waals surface area contributed by atoms with Crippen molar-refractivity contribution in [2.24, 2.45) is 0 Å². The second-order valence-electron chi connectivity index (χ2n) is 4.44. The van der Waals surface area contributed by atoms with Gasteiger partial charge in [0.2, 0.25) is 0 Å². The summed E-state index contributed by atoms with van der Waals surface area (Å²) in [6.07, 6.45) is 3.85. The van der Waals surface area contributed by atoms with E-state index in [9.17, 15) is 4.79 Å². The number of hydrogen-bond donors (Lipinski definition) is 1. The van der Waals surface area contributed by atoms with Crippen molar-refractivity contribution in [2.75, 3.05) is 13.2 Å². The molecule has 1 aromatic heterocycles. The van der Waals surface area contributed by atoms with E-state index in [2.05, 4.69) is 5.10 Å². The van der Waals surface area contributed by atoms with E-state index in [1.54, 1.807) is 17.8 Å². The second kappa shape index (κ2) is 6.86. The van der Waals surface area contributed by atoms with Gasteiger partial charge in [0.25, 0.3) is 0 Å². The molecule has 0 atom stereocenters. The van der Waals surface area contributed by atoms with Crippen LogP contribution in [0.25, 0.3) is 0 Å². The fourth-order valence-corrected chi connectivity index (χ4v) is 1.90. The van der Waals surface area contributed by atoms with Crippen LogP contribution in [0.5, 0.6) is 0 Å². The van der Waals surface area contributed by atoms with Gasteiger partial charge in [-0.15, -0.1) is 0 Å². The maximum absolute atomic E-state index is 11.5. The Morgan fingerprint density at radius 2 is 2.00 bits per heavy atom. The first kappa shape index (κ1) is 14.3. The van der Waals surface area contributed by atoms with Gasteiger partial charge in [-0.05, 0) is 24.5 Å². The number of hydrogen-bond acceptors (Lipinski definition) is 4. The molecule has 106 valence electrons. The van der Waals surface area contributed by atoms with Gasteiger partial charge >= 0.3 is 5.97 Å². The monoisotopic (exact) mass is 274 g/mol. The molecular formula is C15H18N2O3. The van der Waals surface area contributed by atoms with Gasteiger partial charge in [0.1, 0.15) is 0 Å². The number of esters is 1. The predicted octanol–water partition coefficient (Wildman–Crippen LogP) is 1.64. The fourth-order valence-electron chi connectivity index (χ4n) is 1.90. The zero-order valence-corrected chi connectivity index (χ0v) is 11.5. The Hall–Kier alpha value is -2.14. The van der Waals surface area contributed by atoms with Gasteiger partial charge in [0.05, 0.1) is 24.9 Å². The van der Waals surface area contributed by atoms with Crippen LogP contribution in [0.2, 0.25) is 0 Å². The van der Waals surface area contributed by atoms with Crippen LogP contribution < -0.4 is 0 Å². The van der Waals surface area contributed by atoms with Gasteiger partial charge in [0.15, 0.2) is 0 Å². The highest BCUT2D eigenvalue weighted by atomic mass is 16.5. The molecule has 0 spiro atoms. The van der Waals surface area contributed by atoms with Crippen LogP contribution in [0.15, 0.2) is 36.7 Å². The van der Waals surface area contributed by atoms with Gasteiger partial charge in [-0.3, -0.25) is 4.68 Å². The molecule has 0 aliphatic rings. The molecule has 0 aliphatic carbocycles. The molecule has 1 aromatic carbocycles. The Balaban J connectivity index is 2.01. The molecule has 5 heteroatoms. The van der Waals surface area contributed by atoms with Crippen molar-refractivity contribution in [2.45, 2.75) is 19.9 Å². The predicted molar refractivity (Wildman–Crippen MR) is 74.5 cm³/mol. The lowest BCUT2D eigenvalue weighted by Gasteiger charge is -2.03. The Bertz CT molecular complexity index is 561. The average molecular weight is 274 g/mol. The highest BCUT2D eigenvalue weighted by Crippen LogP contribution is 2.08. The number of aromatic nitrogens is 2. The van der Waals surface area contributed by atoms with Crippen LogP contribution in [-0.4, -0.2) is 34.1 Å². The topological polar surface area (TPSA) is 64.3 Å². The summed E-state index contributed by atoms with van der Waals surface area (Å²) in [5.41, 5.74) is 2.65. The molecule has 0 radical (unpaired) electrons. The molecule has 0 amide bonds. The minimum Gasteiger partial charge on any atom is -0.462 e. The zero-order valence-electron chi connectivity index (χ0n) is 11.5. The highest BCUT2D eigenvalue weighted by molar-refractivity contribution is 5.88. The molecule has 0 aliphatic heterocycles. The van der Waals surface area contributed by atoms with Crippen molar-refractivity contribution >= 4 is 5.97 Å². The van der Waals surface area contributed by atoms with Gasteiger partial charge in [-0.1, -0.05) is 24.3 Å². The third kappa shape index (κ3) is 3.68. The lowest BCUT2D eigenvalue weighted by atomic mass is 10.1. The number of carbonyl (C=O) groups is 1. The highest BCUT2D eigenvalue weighted by Gasteiger charge is 2.09. The number of aliphatic hydroxyl groups excluding tert-OH is 1. The molecule has 2 aromatic rings. The van der Waals surface area contributed by atoms with Crippen molar-refractivity contribution in [1.82, 2.24) is 9.78 Å². The summed E-state index contributed by atoms with van der Waals surface area (Å²) in [4.78, 5) is 11.5. The zero-order chi connectivity index (χ0) is 14.4. The number of ether oxygens (including phenoxy) is 1. The molecule has 0 bridgehead atoms. The normalized spacial score (nSPS) is 10.5. The second-order valence-corrected chi connectivity index (χ2v) is 4.44. The van der Waals surface area contributed by atoms with Crippen LogP contribution in [0.4, 0.5) is 0 Å². The van der Waals surface area contributed by atoms with E-state index < -0.39 is 0 Å².